The molecular formula is C18H25N5O. The summed E-state index contributed by atoms with van der Waals surface area (Å²) in [6.07, 6.45) is 9.89. The molecule has 2 aromatic rings. The SMILES string of the molecule is O[C@H](CNc1nccc(-c2cccnc2)n1)CN1CCCCCC1. The first kappa shape index (κ1) is 16.8. The lowest BCUT2D eigenvalue weighted by Crippen LogP contribution is -2.36. The van der Waals surface area contributed by atoms with Gasteiger partial charge in [0.15, 0.2) is 0 Å². The van der Waals surface area contributed by atoms with Gasteiger partial charge >= 0.3 is 0 Å². The largest absolute Gasteiger partial charge is 0.390 e. The average molecular weight is 327 g/mol. The molecule has 2 aromatic heterocycles. The summed E-state index contributed by atoms with van der Waals surface area (Å²) in [6, 6.07) is 5.71. The van der Waals surface area contributed by atoms with Gasteiger partial charge in [-0.2, -0.15) is 0 Å². The Hall–Kier alpha value is -2.05. The first-order valence-electron chi connectivity index (χ1n) is 8.69. The van der Waals surface area contributed by atoms with Crippen LogP contribution in [0.25, 0.3) is 11.3 Å². The molecule has 0 spiro atoms. The van der Waals surface area contributed by atoms with Gasteiger partial charge < -0.3 is 15.3 Å². The predicted octanol–water partition coefficient (Wildman–Crippen LogP) is 2.19. The van der Waals surface area contributed by atoms with Crippen molar-refractivity contribution < 1.29 is 5.11 Å². The summed E-state index contributed by atoms with van der Waals surface area (Å²) in [5.41, 5.74) is 1.77. The van der Waals surface area contributed by atoms with Crippen LogP contribution in [0.2, 0.25) is 0 Å². The summed E-state index contributed by atoms with van der Waals surface area (Å²) < 4.78 is 0. The van der Waals surface area contributed by atoms with E-state index in [1.165, 1.54) is 25.7 Å². The molecule has 0 radical (unpaired) electrons. The van der Waals surface area contributed by atoms with E-state index >= 15 is 0 Å². The Balaban J connectivity index is 1.52. The number of nitrogens with one attached hydrogen (secondary N) is 1. The monoisotopic (exact) mass is 327 g/mol. The molecule has 1 fully saturated rings. The number of anilines is 1. The van der Waals surface area contributed by atoms with Crippen molar-refractivity contribution in [3.8, 4) is 11.3 Å². The van der Waals surface area contributed by atoms with Crippen molar-refractivity contribution in [3.63, 3.8) is 0 Å². The molecule has 1 atom stereocenters. The van der Waals surface area contributed by atoms with Crippen molar-refractivity contribution >= 4 is 5.95 Å². The van der Waals surface area contributed by atoms with Crippen LogP contribution in [0.15, 0.2) is 36.8 Å². The third-order valence-electron chi connectivity index (χ3n) is 4.28. The van der Waals surface area contributed by atoms with Crippen LogP contribution in [0.3, 0.4) is 0 Å². The average Bonchev–Trinajstić information content (AvgIpc) is 2.90. The quantitative estimate of drug-likeness (QED) is 0.847. The van der Waals surface area contributed by atoms with E-state index in [2.05, 4.69) is 25.2 Å². The van der Waals surface area contributed by atoms with E-state index in [0.717, 1.165) is 24.3 Å². The summed E-state index contributed by atoms with van der Waals surface area (Å²) in [5.74, 6) is 0.534. The van der Waals surface area contributed by atoms with Crippen LogP contribution in [0.1, 0.15) is 25.7 Å². The van der Waals surface area contributed by atoms with Crippen molar-refractivity contribution in [1.82, 2.24) is 19.9 Å². The molecule has 1 aliphatic rings. The van der Waals surface area contributed by atoms with E-state index in [9.17, 15) is 5.11 Å². The number of likely N-dealkylation sites (tertiary alicyclic amines) is 1. The van der Waals surface area contributed by atoms with E-state index in [0.29, 0.717) is 19.0 Å². The minimum Gasteiger partial charge on any atom is -0.390 e. The zero-order chi connectivity index (χ0) is 16.6. The summed E-state index contributed by atoms with van der Waals surface area (Å²) in [6.45, 7) is 3.33. The lowest BCUT2D eigenvalue weighted by atomic mass is 10.2. The van der Waals surface area contributed by atoms with Gasteiger partial charge in [-0.25, -0.2) is 9.97 Å². The Kier molecular flexibility index (Phi) is 6.09. The molecule has 0 unspecified atom stereocenters. The molecule has 0 amide bonds. The number of rotatable bonds is 6. The predicted molar refractivity (Wildman–Crippen MR) is 94.7 cm³/mol. The third kappa shape index (κ3) is 4.97. The Morgan fingerprint density at radius 2 is 1.96 bits per heavy atom. The van der Waals surface area contributed by atoms with Crippen LogP contribution in [-0.2, 0) is 0 Å². The van der Waals surface area contributed by atoms with Crippen LogP contribution >= 0.6 is 0 Å². The molecule has 6 nitrogen and oxygen atoms in total. The molecule has 2 N–H and O–H groups in total. The van der Waals surface area contributed by atoms with Gasteiger partial charge in [-0.3, -0.25) is 4.98 Å². The Labute approximate surface area is 143 Å². The molecule has 0 bridgehead atoms. The molecule has 1 aliphatic heterocycles. The number of pyridine rings is 1. The standard InChI is InChI=1S/C18H25N5O/c24-16(14-23-10-3-1-2-4-11-23)13-21-18-20-9-7-17(22-18)15-6-5-8-19-12-15/h5-9,12,16,24H,1-4,10-11,13-14H2,(H,20,21,22)/t16-/m1/s1. The van der Waals surface area contributed by atoms with E-state index in [1.807, 2.05) is 18.2 Å². The number of hydrogen-bond donors (Lipinski definition) is 2. The zero-order valence-electron chi connectivity index (χ0n) is 13.9. The Bertz CT molecular complexity index is 614. The zero-order valence-corrected chi connectivity index (χ0v) is 13.9. The maximum absolute atomic E-state index is 10.3. The molecule has 0 aliphatic carbocycles. The van der Waals surface area contributed by atoms with Crippen LogP contribution < -0.4 is 5.32 Å². The van der Waals surface area contributed by atoms with Gasteiger partial charge in [-0.1, -0.05) is 12.8 Å². The van der Waals surface area contributed by atoms with Gasteiger partial charge in [-0.15, -0.1) is 0 Å². The molecule has 24 heavy (non-hydrogen) atoms. The van der Waals surface area contributed by atoms with Crippen LogP contribution in [-0.4, -0.2) is 57.2 Å². The number of aliphatic hydroxyl groups is 1. The lowest BCUT2D eigenvalue weighted by Gasteiger charge is -2.23. The van der Waals surface area contributed by atoms with E-state index in [-0.39, 0.29) is 0 Å². The Morgan fingerprint density at radius 3 is 2.71 bits per heavy atom. The van der Waals surface area contributed by atoms with Gasteiger partial charge in [0, 0.05) is 37.2 Å². The van der Waals surface area contributed by atoms with Crippen LogP contribution in [0.5, 0.6) is 0 Å². The van der Waals surface area contributed by atoms with Crippen molar-refractivity contribution in [2.45, 2.75) is 31.8 Å². The van der Waals surface area contributed by atoms with Gasteiger partial charge in [0.25, 0.3) is 0 Å². The van der Waals surface area contributed by atoms with Crippen molar-refractivity contribution in [1.29, 1.82) is 0 Å². The normalized spacial score (nSPS) is 17.2. The summed E-state index contributed by atoms with van der Waals surface area (Å²) in [5, 5.41) is 13.4. The topological polar surface area (TPSA) is 74.2 Å². The van der Waals surface area contributed by atoms with Gasteiger partial charge in [0.1, 0.15) is 0 Å². The molecule has 0 saturated carbocycles. The first-order valence-corrected chi connectivity index (χ1v) is 8.69. The van der Waals surface area contributed by atoms with E-state index in [1.54, 1.807) is 18.6 Å². The lowest BCUT2D eigenvalue weighted by molar-refractivity contribution is 0.124. The molecule has 1 saturated heterocycles. The summed E-state index contributed by atoms with van der Waals surface area (Å²) in [4.78, 5) is 15.2. The molecule has 3 rings (SSSR count). The van der Waals surface area contributed by atoms with Crippen molar-refractivity contribution in [2.24, 2.45) is 0 Å². The van der Waals surface area contributed by atoms with E-state index in [4.69, 9.17) is 0 Å². The van der Waals surface area contributed by atoms with Crippen molar-refractivity contribution in [3.05, 3.63) is 36.8 Å². The number of hydrogen-bond acceptors (Lipinski definition) is 6. The maximum atomic E-state index is 10.3. The molecule has 3 heterocycles. The fourth-order valence-electron chi connectivity index (χ4n) is 3.01. The van der Waals surface area contributed by atoms with Crippen molar-refractivity contribution in [2.75, 3.05) is 31.5 Å². The second kappa shape index (κ2) is 8.70. The number of aliphatic hydroxyl groups excluding tert-OH is 1. The second-order valence-electron chi connectivity index (χ2n) is 6.26. The Morgan fingerprint density at radius 1 is 1.12 bits per heavy atom. The number of β-amino-alcohol motifs (C(OH)–C–C–N with tert-alkyl or cyclic N) is 1. The second-order valence-corrected chi connectivity index (χ2v) is 6.26. The summed E-state index contributed by atoms with van der Waals surface area (Å²) >= 11 is 0. The van der Waals surface area contributed by atoms with Gasteiger partial charge in [0.2, 0.25) is 5.95 Å². The van der Waals surface area contributed by atoms with Gasteiger partial charge in [0.05, 0.1) is 11.8 Å². The van der Waals surface area contributed by atoms with Gasteiger partial charge in [-0.05, 0) is 44.1 Å². The number of nitrogens with zero attached hydrogens (tertiary/aromatic N) is 4. The molecule has 0 aromatic carbocycles. The highest BCUT2D eigenvalue weighted by Gasteiger charge is 2.14. The maximum Gasteiger partial charge on any atom is 0.223 e. The third-order valence-corrected chi connectivity index (χ3v) is 4.28. The molecule has 6 heteroatoms. The smallest absolute Gasteiger partial charge is 0.223 e. The fraction of sp³-hybridized carbons (Fsp3) is 0.500. The highest BCUT2D eigenvalue weighted by molar-refractivity contribution is 5.58. The van der Waals surface area contributed by atoms with E-state index < -0.39 is 6.10 Å². The number of aromatic nitrogens is 3. The minimum absolute atomic E-state index is 0.422. The van der Waals surface area contributed by atoms with Crippen LogP contribution in [0, 0.1) is 0 Å². The minimum atomic E-state index is -0.422. The first-order chi connectivity index (χ1) is 11.8. The highest BCUT2D eigenvalue weighted by Crippen LogP contribution is 2.16. The summed E-state index contributed by atoms with van der Waals surface area (Å²) in [7, 11) is 0. The molecular weight excluding hydrogens is 302 g/mol. The van der Waals surface area contributed by atoms with Crippen LogP contribution in [0.4, 0.5) is 5.95 Å². The molecule has 128 valence electrons. The fourth-order valence-corrected chi connectivity index (χ4v) is 3.01. The highest BCUT2D eigenvalue weighted by atomic mass is 16.3.